The molecule has 0 spiro atoms. The van der Waals surface area contributed by atoms with E-state index >= 15 is 0 Å². The summed E-state index contributed by atoms with van der Waals surface area (Å²) in [7, 11) is 3.23. The maximum absolute atomic E-state index is 10.3. The van der Waals surface area contributed by atoms with E-state index in [1.54, 1.807) is 26.5 Å². The number of ether oxygens (including phenoxy) is 4. The van der Waals surface area contributed by atoms with E-state index in [1.807, 2.05) is 67.5 Å². The third-order valence-corrected chi connectivity index (χ3v) is 3.31. The van der Waals surface area contributed by atoms with Crippen molar-refractivity contribution in [2.24, 2.45) is 0 Å². The molecule has 217 valence electrons. The van der Waals surface area contributed by atoms with E-state index in [1.165, 1.54) is 20.0 Å². The van der Waals surface area contributed by atoms with E-state index in [4.69, 9.17) is 18.9 Å². The smallest absolute Gasteiger partial charge is 0.291 e. The van der Waals surface area contributed by atoms with Crippen molar-refractivity contribution in [1.82, 2.24) is 10.3 Å². The molecular formula is C27H51N2O7V-. The number of rotatable bonds is 2. The van der Waals surface area contributed by atoms with Gasteiger partial charge in [0, 0.05) is 65.4 Å². The third-order valence-electron chi connectivity index (χ3n) is 3.31. The Bertz CT molecular complexity index is 697. The number of nitrogens with one attached hydrogen (secondary N) is 1. The summed E-state index contributed by atoms with van der Waals surface area (Å²) in [5.74, 6) is -0.383. The average molecular weight is 567 g/mol. The second-order valence-corrected chi connectivity index (χ2v) is 7.13. The first kappa shape index (κ1) is 47.9. The molecule has 0 saturated heterocycles. The Morgan fingerprint density at radius 3 is 1.81 bits per heavy atom. The van der Waals surface area contributed by atoms with Crippen LogP contribution in [0, 0.1) is 7.43 Å². The first-order chi connectivity index (χ1) is 15.8. The molecule has 1 aromatic rings. The molecule has 1 aromatic heterocycles. The third kappa shape index (κ3) is 26.7. The van der Waals surface area contributed by atoms with Gasteiger partial charge in [-0.2, -0.15) is 0 Å². The Labute approximate surface area is 238 Å². The quantitative estimate of drug-likeness (QED) is 0.267. The number of allylic oxidation sites excluding steroid dienone is 1. The van der Waals surface area contributed by atoms with Crippen LogP contribution >= 0.6 is 0 Å². The van der Waals surface area contributed by atoms with Crippen LogP contribution in [0.25, 0.3) is 0 Å². The minimum Gasteiger partial charge on any atom is -0.447 e. The van der Waals surface area contributed by atoms with Gasteiger partial charge in [-0.25, -0.2) is 4.98 Å². The molecule has 0 atom stereocenters. The number of methoxy groups -OCH3 is 2. The zero-order chi connectivity index (χ0) is 27.4. The van der Waals surface area contributed by atoms with Gasteiger partial charge in [0.15, 0.2) is 11.5 Å². The number of pyridine rings is 1. The predicted molar refractivity (Wildman–Crippen MR) is 147 cm³/mol. The number of Topliss-reactive ketones (excluding diaryl/α,β-unsaturated/α-hetero) is 2. The van der Waals surface area contributed by atoms with E-state index in [-0.39, 0.29) is 51.4 Å². The Kier molecular flexibility index (Phi) is 34.8. The van der Waals surface area contributed by atoms with Crippen molar-refractivity contribution in [3.05, 3.63) is 38.0 Å². The molecule has 1 N–H and O–H groups in total. The molecule has 0 aliphatic carbocycles. The second-order valence-electron chi connectivity index (χ2n) is 7.13. The van der Waals surface area contributed by atoms with Crippen LogP contribution in [0.1, 0.15) is 83.1 Å². The first-order valence-corrected chi connectivity index (χ1v) is 11.2. The summed E-state index contributed by atoms with van der Waals surface area (Å²) in [5, 5.41) is 2.26. The topological polar surface area (TPSA) is 113 Å². The molecule has 2 aliphatic heterocycles. The van der Waals surface area contributed by atoms with Gasteiger partial charge in [-0.3, -0.25) is 9.59 Å². The number of fused-ring (bicyclic) bond motifs is 1. The summed E-state index contributed by atoms with van der Waals surface area (Å²) in [4.78, 5) is 34.1. The molecule has 3 heterocycles. The zero-order valence-electron chi connectivity index (χ0n) is 24.3. The van der Waals surface area contributed by atoms with Crippen molar-refractivity contribution >= 4 is 17.5 Å². The van der Waals surface area contributed by atoms with Crippen LogP contribution < -0.4 is 14.8 Å². The molecule has 0 saturated carbocycles. The number of aromatic nitrogens is 1. The fraction of sp³-hybridized carbons (Fsp3) is 0.593. The van der Waals surface area contributed by atoms with Crippen molar-refractivity contribution in [3.8, 4) is 11.6 Å². The fourth-order valence-electron chi connectivity index (χ4n) is 1.61. The molecule has 1 radical (unpaired) electrons. The summed E-state index contributed by atoms with van der Waals surface area (Å²) in [6, 6.07) is 3.67. The van der Waals surface area contributed by atoms with Gasteiger partial charge in [0.25, 0.3) is 11.8 Å². The van der Waals surface area contributed by atoms with Gasteiger partial charge in [0.2, 0.25) is 11.6 Å². The molecular weight excluding hydrogens is 515 g/mol. The van der Waals surface area contributed by atoms with Crippen molar-refractivity contribution < 1.29 is 51.9 Å². The second kappa shape index (κ2) is 26.9. The summed E-state index contributed by atoms with van der Waals surface area (Å²) < 4.78 is 20.5. The minimum atomic E-state index is -0.559. The van der Waals surface area contributed by atoms with Gasteiger partial charge in [0.1, 0.15) is 5.78 Å². The van der Waals surface area contributed by atoms with Gasteiger partial charge < -0.3 is 36.5 Å². The summed E-state index contributed by atoms with van der Waals surface area (Å²) in [6.07, 6.45) is 5.02. The van der Waals surface area contributed by atoms with Gasteiger partial charge in [-0.15, -0.1) is 0 Å². The molecule has 0 bridgehead atoms. The SMILES string of the molecule is C.CC.CC.CC(C)=O.CC1(C)Oc2cccnc2O1.COC(C)(C)OC.O=C1CC=CNC1=O.[CH3-].[V]. The monoisotopic (exact) mass is 566 g/mol. The maximum Gasteiger partial charge on any atom is 0.291 e. The average Bonchev–Trinajstić information content (AvgIpc) is 3.13. The van der Waals surface area contributed by atoms with Crippen molar-refractivity contribution in [2.45, 2.75) is 94.7 Å². The van der Waals surface area contributed by atoms with E-state index in [2.05, 4.69) is 10.3 Å². The van der Waals surface area contributed by atoms with Gasteiger partial charge in [-0.05, 0) is 39.8 Å². The van der Waals surface area contributed by atoms with E-state index in [9.17, 15) is 14.4 Å². The molecule has 10 heteroatoms. The van der Waals surface area contributed by atoms with Gasteiger partial charge >= 0.3 is 0 Å². The van der Waals surface area contributed by atoms with Gasteiger partial charge in [0.05, 0.1) is 0 Å². The number of carbonyl (C=O) groups is 3. The molecule has 2 aliphatic rings. The summed E-state index contributed by atoms with van der Waals surface area (Å²) >= 11 is 0. The van der Waals surface area contributed by atoms with Crippen LogP contribution in [0.5, 0.6) is 11.6 Å². The normalized spacial score (nSPS) is 12.8. The minimum absolute atomic E-state index is 0. The summed E-state index contributed by atoms with van der Waals surface area (Å²) in [5.41, 5.74) is 0. The Morgan fingerprint density at radius 2 is 1.51 bits per heavy atom. The molecule has 0 fully saturated rings. The molecule has 0 aromatic carbocycles. The first-order valence-electron chi connectivity index (χ1n) is 11.2. The number of ketones is 2. The van der Waals surface area contributed by atoms with Crippen molar-refractivity contribution in [3.63, 3.8) is 0 Å². The van der Waals surface area contributed by atoms with Crippen LogP contribution in [0.2, 0.25) is 0 Å². The van der Waals surface area contributed by atoms with E-state index in [0.717, 1.165) is 5.75 Å². The number of hydrogen-bond donors (Lipinski definition) is 1. The molecule has 9 nitrogen and oxygen atoms in total. The Balaban J connectivity index is -0.0000000841. The predicted octanol–water partition coefficient (Wildman–Crippen LogP) is 5.92. The molecule has 37 heavy (non-hydrogen) atoms. The number of hydrogen-bond acceptors (Lipinski definition) is 8. The number of carbonyl (C=O) groups excluding carboxylic acids is 3. The van der Waals surface area contributed by atoms with Crippen LogP contribution in [-0.4, -0.2) is 48.3 Å². The molecule has 0 unspecified atom stereocenters. The van der Waals surface area contributed by atoms with Crippen molar-refractivity contribution in [1.29, 1.82) is 0 Å². The van der Waals surface area contributed by atoms with Crippen LogP contribution in [-0.2, 0) is 42.4 Å². The maximum atomic E-state index is 10.3. The molecule has 3 rings (SSSR count). The number of amides is 1. The van der Waals surface area contributed by atoms with Gasteiger partial charge in [-0.1, -0.05) is 41.2 Å². The van der Waals surface area contributed by atoms with Crippen LogP contribution in [0.15, 0.2) is 30.6 Å². The van der Waals surface area contributed by atoms with Crippen molar-refractivity contribution in [2.75, 3.05) is 14.2 Å². The largest absolute Gasteiger partial charge is 0.447 e. The standard InChI is InChI=1S/C8H9NO2.C5H5NO2.C5H12O2.C3H6O.2C2H6.CH4.CH3.V/c1-8(2)10-6-4-3-5-9-7(6)11-8;7-4-2-1-3-6-5(4)8;1-5(2,6-3)7-4;1-3(2)4;2*1-2;;;/h3-5H,1-2H3;1,3H,2H2,(H,6,8);1-4H3;1-2H3;2*1-2H3;1H4;1H3;/q;;;;;;;-1;. The Morgan fingerprint density at radius 1 is 1.05 bits per heavy atom. The van der Waals surface area contributed by atoms with Crippen LogP contribution in [0.3, 0.4) is 0 Å². The zero-order valence-corrected chi connectivity index (χ0v) is 25.7. The Hall–Kier alpha value is -2.20. The summed E-state index contributed by atoms with van der Waals surface area (Å²) in [6.45, 7) is 18.5. The van der Waals surface area contributed by atoms with Crippen LogP contribution in [0.4, 0.5) is 0 Å². The van der Waals surface area contributed by atoms with E-state index in [0.29, 0.717) is 5.88 Å². The van der Waals surface area contributed by atoms with E-state index < -0.39 is 17.5 Å². The molecule has 1 amide bonds. The fourth-order valence-corrected chi connectivity index (χ4v) is 1.61. The number of nitrogens with zero attached hydrogens (tertiary/aromatic N) is 1.